The fraction of sp³-hybridized carbons (Fsp3) is 0.381. The lowest BCUT2D eigenvalue weighted by Gasteiger charge is -2.14. The standard InChI is InChI=1S/C21H23NO6S/c1-3-26-21(25)18-16(14-9-10-14)12-29-19(18)22-17(23)11-27-20(24)13(2)28-15-7-5-4-6-8-15/h4-8,12-14H,3,9-11H2,1-2H3,(H,22,23)/t13-/m1/s1. The van der Waals surface area contributed by atoms with Crippen LogP contribution in [-0.4, -0.2) is 37.2 Å². The maximum atomic E-state index is 12.3. The third-order valence-corrected chi connectivity index (χ3v) is 5.22. The molecule has 0 bridgehead atoms. The summed E-state index contributed by atoms with van der Waals surface area (Å²) in [7, 11) is 0. The Morgan fingerprint density at radius 3 is 2.55 bits per heavy atom. The van der Waals surface area contributed by atoms with E-state index in [-0.39, 0.29) is 6.61 Å². The van der Waals surface area contributed by atoms with Crippen molar-refractivity contribution in [1.82, 2.24) is 0 Å². The smallest absolute Gasteiger partial charge is 0.347 e. The van der Waals surface area contributed by atoms with Gasteiger partial charge in [-0.25, -0.2) is 9.59 Å². The molecule has 1 fully saturated rings. The van der Waals surface area contributed by atoms with Gasteiger partial charge in [0.2, 0.25) is 0 Å². The Balaban J connectivity index is 1.55. The minimum Gasteiger partial charge on any atom is -0.479 e. The lowest BCUT2D eigenvalue weighted by molar-refractivity contribution is -0.153. The average molecular weight is 417 g/mol. The Bertz CT molecular complexity index is 875. The quantitative estimate of drug-likeness (QED) is 0.625. The van der Waals surface area contributed by atoms with E-state index in [4.69, 9.17) is 14.2 Å². The van der Waals surface area contributed by atoms with Gasteiger partial charge in [0.15, 0.2) is 12.7 Å². The minimum atomic E-state index is -0.858. The fourth-order valence-electron chi connectivity index (χ4n) is 2.74. The van der Waals surface area contributed by atoms with E-state index in [1.165, 1.54) is 11.3 Å². The van der Waals surface area contributed by atoms with Crippen molar-refractivity contribution >= 4 is 34.2 Å². The molecule has 1 aliphatic carbocycles. The molecule has 1 aliphatic rings. The molecule has 0 saturated heterocycles. The van der Waals surface area contributed by atoms with E-state index >= 15 is 0 Å². The molecule has 2 aromatic rings. The van der Waals surface area contributed by atoms with E-state index in [9.17, 15) is 14.4 Å². The zero-order chi connectivity index (χ0) is 20.8. The molecule has 154 valence electrons. The summed E-state index contributed by atoms with van der Waals surface area (Å²) in [5.74, 6) is -0.760. The van der Waals surface area contributed by atoms with Crippen LogP contribution in [0.25, 0.3) is 0 Å². The fourth-order valence-corrected chi connectivity index (χ4v) is 3.79. The summed E-state index contributed by atoms with van der Waals surface area (Å²) >= 11 is 1.27. The van der Waals surface area contributed by atoms with Gasteiger partial charge in [-0.2, -0.15) is 0 Å². The number of para-hydroxylation sites is 1. The van der Waals surface area contributed by atoms with Crippen LogP contribution in [0.2, 0.25) is 0 Å². The number of carbonyl (C=O) groups excluding carboxylic acids is 3. The Morgan fingerprint density at radius 1 is 1.17 bits per heavy atom. The van der Waals surface area contributed by atoms with Crippen molar-refractivity contribution in [2.75, 3.05) is 18.5 Å². The number of anilines is 1. The molecule has 1 N–H and O–H groups in total. The van der Waals surface area contributed by atoms with E-state index in [1.807, 2.05) is 11.4 Å². The summed E-state index contributed by atoms with van der Waals surface area (Å²) in [5.41, 5.74) is 1.31. The highest BCUT2D eigenvalue weighted by Crippen LogP contribution is 2.46. The number of thiophene rings is 1. The molecule has 0 radical (unpaired) electrons. The summed E-state index contributed by atoms with van der Waals surface area (Å²) in [6.45, 7) is 3.06. The van der Waals surface area contributed by atoms with Crippen molar-refractivity contribution in [3.63, 3.8) is 0 Å². The first-order valence-corrected chi connectivity index (χ1v) is 10.3. The Kier molecular flexibility index (Phi) is 6.87. The van der Waals surface area contributed by atoms with Crippen molar-refractivity contribution in [3.05, 3.63) is 46.8 Å². The molecule has 1 heterocycles. The van der Waals surface area contributed by atoms with Gasteiger partial charge in [0, 0.05) is 0 Å². The van der Waals surface area contributed by atoms with Crippen LogP contribution >= 0.6 is 11.3 Å². The van der Waals surface area contributed by atoms with E-state index in [0.29, 0.717) is 22.2 Å². The highest BCUT2D eigenvalue weighted by Gasteiger charge is 2.32. The number of hydrogen-bond acceptors (Lipinski definition) is 7. The van der Waals surface area contributed by atoms with Crippen molar-refractivity contribution in [2.45, 2.75) is 38.7 Å². The molecule has 1 atom stereocenters. The average Bonchev–Trinajstić information content (AvgIpc) is 3.47. The zero-order valence-electron chi connectivity index (χ0n) is 16.3. The SMILES string of the molecule is CCOC(=O)c1c(C2CC2)csc1NC(=O)COC(=O)[C@@H](C)Oc1ccccc1. The highest BCUT2D eigenvalue weighted by molar-refractivity contribution is 7.15. The van der Waals surface area contributed by atoms with Gasteiger partial charge in [0.05, 0.1) is 12.2 Å². The van der Waals surface area contributed by atoms with Gasteiger partial charge >= 0.3 is 11.9 Å². The molecule has 1 saturated carbocycles. The first-order valence-electron chi connectivity index (χ1n) is 9.46. The molecule has 0 aliphatic heterocycles. The minimum absolute atomic E-state index is 0.253. The number of hydrogen-bond donors (Lipinski definition) is 1. The number of esters is 2. The van der Waals surface area contributed by atoms with Gasteiger partial charge in [-0.1, -0.05) is 18.2 Å². The normalized spacial score (nSPS) is 14.0. The number of amides is 1. The van der Waals surface area contributed by atoms with Crippen LogP contribution in [0.1, 0.15) is 48.5 Å². The molecule has 0 unspecified atom stereocenters. The van der Waals surface area contributed by atoms with Crippen LogP contribution in [0.4, 0.5) is 5.00 Å². The Hall–Kier alpha value is -2.87. The van der Waals surface area contributed by atoms with Gasteiger partial charge in [-0.3, -0.25) is 4.79 Å². The molecule has 0 spiro atoms. The van der Waals surface area contributed by atoms with Gasteiger partial charge in [-0.05, 0) is 55.7 Å². The molecular formula is C21H23NO6S. The van der Waals surface area contributed by atoms with E-state index in [0.717, 1.165) is 18.4 Å². The van der Waals surface area contributed by atoms with Gasteiger partial charge in [0.25, 0.3) is 5.91 Å². The van der Waals surface area contributed by atoms with Crippen molar-refractivity contribution < 1.29 is 28.6 Å². The Labute approximate surface area is 173 Å². The van der Waals surface area contributed by atoms with E-state index in [1.54, 1.807) is 38.1 Å². The summed E-state index contributed by atoms with van der Waals surface area (Å²) in [6, 6.07) is 8.87. The summed E-state index contributed by atoms with van der Waals surface area (Å²) in [5, 5.41) is 4.95. The second kappa shape index (κ2) is 9.56. The summed E-state index contributed by atoms with van der Waals surface area (Å²) < 4.78 is 15.6. The highest BCUT2D eigenvalue weighted by atomic mass is 32.1. The lowest BCUT2D eigenvalue weighted by atomic mass is 10.1. The van der Waals surface area contributed by atoms with Crippen LogP contribution in [0.15, 0.2) is 35.7 Å². The zero-order valence-corrected chi connectivity index (χ0v) is 17.1. The maximum Gasteiger partial charge on any atom is 0.347 e. The number of rotatable bonds is 9. The second-order valence-electron chi connectivity index (χ2n) is 6.62. The molecule has 3 rings (SSSR count). The van der Waals surface area contributed by atoms with Crippen molar-refractivity contribution in [2.24, 2.45) is 0 Å². The summed E-state index contributed by atoms with van der Waals surface area (Å²) in [6.07, 6.45) is 1.18. The van der Waals surface area contributed by atoms with Crippen LogP contribution < -0.4 is 10.1 Å². The number of ether oxygens (including phenoxy) is 3. The van der Waals surface area contributed by atoms with E-state index < -0.39 is 30.6 Å². The molecule has 29 heavy (non-hydrogen) atoms. The molecular weight excluding hydrogens is 394 g/mol. The predicted molar refractivity (Wildman–Crippen MR) is 108 cm³/mol. The number of nitrogens with one attached hydrogen (secondary N) is 1. The van der Waals surface area contributed by atoms with Crippen molar-refractivity contribution in [1.29, 1.82) is 0 Å². The monoisotopic (exact) mass is 417 g/mol. The largest absolute Gasteiger partial charge is 0.479 e. The second-order valence-corrected chi connectivity index (χ2v) is 7.50. The predicted octanol–water partition coefficient (Wildman–Crippen LogP) is 3.75. The number of carbonyl (C=O) groups is 3. The molecule has 1 aromatic heterocycles. The molecule has 1 aromatic carbocycles. The van der Waals surface area contributed by atoms with Crippen LogP contribution in [-0.2, 0) is 19.1 Å². The van der Waals surface area contributed by atoms with Crippen molar-refractivity contribution in [3.8, 4) is 5.75 Å². The maximum absolute atomic E-state index is 12.3. The lowest BCUT2D eigenvalue weighted by Crippen LogP contribution is -2.29. The van der Waals surface area contributed by atoms with Gasteiger partial charge in [0.1, 0.15) is 10.8 Å². The Morgan fingerprint density at radius 2 is 1.90 bits per heavy atom. The molecule has 8 heteroatoms. The van der Waals surface area contributed by atoms with Crippen LogP contribution in [0.5, 0.6) is 5.75 Å². The first kappa shape index (κ1) is 20.9. The number of benzene rings is 1. The van der Waals surface area contributed by atoms with Gasteiger partial charge in [-0.15, -0.1) is 11.3 Å². The topological polar surface area (TPSA) is 90.9 Å². The molecule has 1 amide bonds. The van der Waals surface area contributed by atoms with Gasteiger partial charge < -0.3 is 19.5 Å². The van der Waals surface area contributed by atoms with E-state index in [2.05, 4.69) is 5.32 Å². The summed E-state index contributed by atoms with van der Waals surface area (Å²) in [4.78, 5) is 36.6. The third kappa shape index (κ3) is 5.57. The molecule has 7 nitrogen and oxygen atoms in total. The third-order valence-electron chi connectivity index (χ3n) is 4.30. The van der Waals surface area contributed by atoms with Crippen LogP contribution in [0.3, 0.4) is 0 Å². The van der Waals surface area contributed by atoms with Crippen LogP contribution in [0, 0.1) is 0 Å². The first-order chi connectivity index (χ1) is 14.0.